The fraction of sp³-hybridized carbons (Fsp3) is 0.467. The molecule has 0 unspecified atom stereocenters. The molecule has 4 nitrogen and oxygen atoms in total. The first kappa shape index (κ1) is 15.1. The summed E-state index contributed by atoms with van der Waals surface area (Å²) in [6, 6.07) is 7.99. The molecule has 0 spiro atoms. The number of aromatic nitrogens is 2. The van der Waals surface area contributed by atoms with E-state index >= 15 is 0 Å². The second-order valence-electron chi connectivity index (χ2n) is 4.82. The zero-order valence-electron chi connectivity index (χ0n) is 12.2. The Bertz CT molecular complexity index is 538. The van der Waals surface area contributed by atoms with E-state index in [0.717, 1.165) is 17.7 Å². The number of thioether (sulfide) groups is 1. The van der Waals surface area contributed by atoms with Gasteiger partial charge in [-0.25, -0.2) is 0 Å². The molecule has 0 saturated heterocycles. The first-order valence-electron chi connectivity index (χ1n) is 6.98. The van der Waals surface area contributed by atoms with E-state index in [-0.39, 0.29) is 6.04 Å². The Kier molecular flexibility index (Phi) is 5.20. The summed E-state index contributed by atoms with van der Waals surface area (Å²) in [4.78, 5) is 5.66. The summed E-state index contributed by atoms with van der Waals surface area (Å²) < 4.78 is 5.29. The highest BCUT2D eigenvalue weighted by Gasteiger charge is 2.20. The summed E-state index contributed by atoms with van der Waals surface area (Å²) in [5.74, 6) is 2.51. The Morgan fingerprint density at radius 3 is 2.55 bits per heavy atom. The standard InChI is InChI=1S/C15H21N3OS/c1-4-10(3)13(16)15-17-14(18-19-15)11-6-8-12(9-7-11)20-5-2/h6-10,13H,4-5,16H2,1-3H3/t10-,13-/m0/s1. The van der Waals surface area contributed by atoms with Crippen LogP contribution in [0.15, 0.2) is 33.7 Å². The summed E-state index contributed by atoms with van der Waals surface area (Å²) in [6.07, 6.45) is 0.988. The van der Waals surface area contributed by atoms with Crippen LogP contribution >= 0.6 is 11.8 Å². The molecule has 0 saturated carbocycles. The molecule has 2 aromatic rings. The van der Waals surface area contributed by atoms with Gasteiger partial charge in [0.05, 0.1) is 6.04 Å². The molecule has 0 aliphatic rings. The lowest BCUT2D eigenvalue weighted by molar-refractivity contribution is 0.312. The summed E-state index contributed by atoms with van der Waals surface area (Å²) in [5, 5.41) is 4.03. The van der Waals surface area contributed by atoms with Crippen molar-refractivity contribution in [2.45, 2.75) is 38.1 Å². The van der Waals surface area contributed by atoms with Gasteiger partial charge < -0.3 is 10.3 Å². The maximum atomic E-state index is 6.10. The lowest BCUT2D eigenvalue weighted by Gasteiger charge is -2.12. The summed E-state index contributed by atoms with van der Waals surface area (Å²) in [5.41, 5.74) is 7.06. The molecule has 0 fully saturated rings. The van der Waals surface area contributed by atoms with Gasteiger partial charge in [0, 0.05) is 10.5 Å². The van der Waals surface area contributed by atoms with Gasteiger partial charge in [0.2, 0.25) is 11.7 Å². The number of benzene rings is 1. The molecule has 0 aliphatic carbocycles. The van der Waals surface area contributed by atoms with Gasteiger partial charge in [0.15, 0.2) is 0 Å². The Balaban J connectivity index is 2.15. The van der Waals surface area contributed by atoms with Crippen LogP contribution in [0.4, 0.5) is 0 Å². The van der Waals surface area contributed by atoms with Gasteiger partial charge >= 0.3 is 0 Å². The van der Waals surface area contributed by atoms with E-state index in [1.807, 2.05) is 23.9 Å². The van der Waals surface area contributed by atoms with E-state index in [2.05, 4.69) is 43.0 Å². The third-order valence-corrected chi connectivity index (χ3v) is 4.30. The highest BCUT2D eigenvalue weighted by atomic mass is 32.2. The van der Waals surface area contributed by atoms with Crippen LogP contribution in [0.3, 0.4) is 0 Å². The Hall–Kier alpha value is -1.33. The Morgan fingerprint density at radius 2 is 1.95 bits per heavy atom. The van der Waals surface area contributed by atoms with E-state index < -0.39 is 0 Å². The van der Waals surface area contributed by atoms with Gasteiger partial charge in [-0.3, -0.25) is 0 Å². The van der Waals surface area contributed by atoms with Gasteiger partial charge in [-0.15, -0.1) is 11.8 Å². The molecular formula is C15H21N3OS. The van der Waals surface area contributed by atoms with Crippen molar-refractivity contribution >= 4 is 11.8 Å². The van der Waals surface area contributed by atoms with Crippen LogP contribution in [0.5, 0.6) is 0 Å². The Morgan fingerprint density at radius 1 is 1.25 bits per heavy atom. The average molecular weight is 291 g/mol. The molecule has 2 atom stereocenters. The second kappa shape index (κ2) is 6.90. The van der Waals surface area contributed by atoms with Crippen LogP contribution in [0.2, 0.25) is 0 Å². The van der Waals surface area contributed by atoms with E-state index in [1.54, 1.807) is 0 Å². The van der Waals surface area contributed by atoms with Crippen LogP contribution in [0.1, 0.15) is 39.1 Å². The van der Waals surface area contributed by atoms with Gasteiger partial charge in [-0.05, 0) is 35.9 Å². The van der Waals surface area contributed by atoms with Crippen molar-refractivity contribution in [1.82, 2.24) is 10.1 Å². The average Bonchev–Trinajstić information content (AvgIpc) is 2.96. The first-order valence-corrected chi connectivity index (χ1v) is 7.96. The number of hydrogen-bond donors (Lipinski definition) is 1. The van der Waals surface area contributed by atoms with E-state index in [9.17, 15) is 0 Å². The lowest BCUT2D eigenvalue weighted by atomic mass is 10.0. The molecule has 0 radical (unpaired) electrons. The molecule has 0 aliphatic heterocycles. The number of rotatable bonds is 6. The normalized spacial score (nSPS) is 14.2. The number of hydrogen-bond acceptors (Lipinski definition) is 5. The molecule has 1 aromatic carbocycles. The molecule has 0 amide bonds. The van der Waals surface area contributed by atoms with Gasteiger partial charge in [-0.2, -0.15) is 4.98 Å². The van der Waals surface area contributed by atoms with Crippen LogP contribution in [-0.2, 0) is 0 Å². The second-order valence-corrected chi connectivity index (χ2v) is 6.16. The smallest absolute Gasteiger partial charge is 0.244 e. The van der Waals surface area contributed by atoms with Gasteiger partial charge in [0.25, 0.3) is 0 Å². The van der Waals surface area contributed by atoms with Crippen molar-refractivity contribution in [3.05, 3.63) is 30.2 Å². The minimum atomic E-state index is -0.198. The fourth-order valence-electron chi connectivity index (χ4n) is 1.85. The predicted octanol–water partition coefficient (Wildman–Crippen LogP) is 3.89. The minimum absolute atomic E-state index is 0.198. The fourth-order valence-corrected chi connectivity index (χ4v) is 2.51. The maximum Gasteiger partial charge on any atom is 0.244 e. The van der Waals surface area contributed by atoms with Gasteiger partial charge in [0.1, 0.15) is 0 Å². The summed E-state index contributed by atoms with van der Waals surface area (Å²) in [6.45, 7) is 6.33. The maximum absolute atomic E-state index is 6.10. The molecule has 5 heteroatoms. The molecule has 1 aromatic heterocycles. The SMILES string of the molecule is CCSc1ccc(-c2noc([C@@H](N)[C@@H](C)CC)n2)cc1. The van der Waals surface area contributed by atoms with Crippen LogP contribution in [0, 0.1) is 5.92 Å². The highest BCUT2D eigenvalue weighted by molar-refractivity contribution is 7.99. The molecule has 2 rings (SSSR count). The molecule has 108 valence electrons. The van der Waals surface area contributed by atoms with E-state index in [4.69, 9.17) is 10.3 Å². The minimum Gasteiger partial charge on any atom is -0.337 e. The quantitative estimate of drug-likeness (QED) is 0.818. The van der Waals surface area contributed by atoms with Crippen LogP contribution in [-0.4, -0.2) is 15.9 Å². The van der Waals surface area contributed by atoms with Crippen molar-refractivity contribution in [2.75, 3.05) is 5.75 Å². The van der Waals surface area contributed by atoms with Gasteiger partial charge in [-0.1, -0.05) is 32.3 Å². The monoisotopic (exact) mass is 291 g/mol. The lowest BCUT2D eigenvalue weighted by Crippen LogP contribution is -2.18. The molecule has 1 heterocycles. The predicted molar refractivity (Wildman–Crippen MR) is 82.5 cm³/mol. The van der Waals surface area contributed by atoms with Crippen molar-refractivity contribution in [3.8, 4) is 11.4 Å². The molecule has 2 N–H and O–H groups in total. The third kappa shape index (κ3) is 3.41. The molecular weight excluding hydrogens is 270 g/mol. The zero-order chi connectivity index (χ0) is 14.5. The topological polar surface area (TPSA) is 64.9 Å². The van der Waals surface area contributed by atoms with Crippen LogP contribution in [0.25, 0.3) is 11.4 Å². The van der Waals surface area contributed by atoms with Crippen molar-refractivity contribution < 1.29 is 4.52 Å². The van der Waals surface area contributed by atoms with E-state index in [1.165, 1.54) is 4.90 Å². The largest absolute Gasteiger partial charge is 0.337 e. The zero-order valence-corrected chi connectivity index (χ0v) is 13.0. The van der Waals surface area contributed by atoms with Crippen molar-refractivity contribution in [1.29, 1.82) is 0 Å². The Labute approximate surface area is 124 Å². The molecule has 0 bridgehead atoms. The van der Waals surface area contributed by atoms with Crippen molar-refractivity contribution in [2.24, 2.45) is 11.7 Å². The molecule has 20 heavy (non-hydrogen) atoms. The number of nitrogens with zero attached hydrogens (tertiary/aromatic N) is 2. The first-order chi connectivity index (χ1) is 9.65. The highest BCUT2D eigenvalue weighted by Crippen LogP contribution is 2.25. The summed E-state index contributed by atoms with van der Waals surface area (Å²) in [7, 11) is 0. The number of nitrogens with two attached hydrogens (primary N) is 1. The third-order valence-electron chi connectivity index (χ3n) is 3.41. The summed E-state index contributed by atoms with van der Waals surface area (Å²) >= 11 is 1.81. The van der Waals surface area contributed by atoms with Crippen molar-refractivity contribution in [3.63, 3.8) is 0 Å². The van der Waals surface area contributed by atoms with Crippen LogP contribution < -0.4 is 5.73 Å². The van der Waals surface area contributed by atoms with E-state index in [0.29, 0.717) is 17.6 Å².